The second-order valence-electron chi connectivity index (χ2n) is 5.57. The Morgan fingerprint density at radius 1 is 1.15 bits per heavy atom. The van der Waals surface area contributed by atoms with Gasteiger partial charge in [0.1, 0.15) is 5.75 Å². The topological polar surface area (TPSA) is 67.8 Å². The first kappa shape index (κ1) is 19.5. The lowest BCUT2D eigenvalue weighted by Gasteiger charge is -2.12. The van der Waals surface area contributed by atoms with E-state index in [2.05, 4.69) is 10.1 Å². The van der Waals surface area contributed by atoms with Crippen LogP contribution in [0.15, 0.2) is 36.4 Å². The minimum atomic E-state index is -2.95. The highest BCUT2D eigenvalue weighted by Crippen LogP contribution is 2.29. The molecule has 2 aromatic rings. The molecule has 0 aliphatic heterocycles. The molecule has 0 radical (unpaired) electrons. The summed E-state index contributed by atoms with van der Waals surface area (Å²) in [4.78, 5) is 12.2. The van der Waals surface area contributed by atoms with Crippen molar-refractivity contribution in [2.45, 2.75) is 26.4 Å². The number of phenols is 1. The molecule has 0 atom stereocenters. The third kappa shape index (κ3) is 5.08. The Kier molecular flexibility index (Phi) is 6.77. The summed E-state index contributed by atoms with van der Waals surface area (Å²) in [6.45, 7) is -0.723. The smallest absolute Gasteiger partial charge is 0.387 e. The third-order valence-electron chi connectivity index (χ3n) is 3.86. The molecule has 0 spiro atoms. The number of methoxy groups -OCH3 is 1. The number of alkyl halides is 2. The molecule has 0 aliphatic rings. The van der Waals surface area contributed by atoms with Gasteiger partial charge in [-0.25, -0.2) is 0 Å². The minimum absolute atomic E-state index is 0.0559. The van der Waals surface area contributed by atoms with Crippen molar-refractivity contribution in [3.05, 3.63) is 53.1 Å². The van der Waals surface area contributed by atoms with Gasteiger partial charge in [0, 0.05) is 6.54 Å². The summed E-state index contributed by atoms with van der Waals surface area (Å²) in [7, 11) is 1.37. The molecule has 0 bridgehead atoms. The fraction of sp³-hybridized carbons (Fsp3) is 0.316. The van der Waals surface area contributed by atoms with Crippen LogP contribution in [0.4, 0.5) is 8.78 Å². The molecule has 5 nitrogen and oxygen atoms in total. The monoisotopic (exact) mass is 365 g/mol. The van der Waals surface area contributed by atoms with Crippen molar-refractivity contribution in [3.63, 3.8) is 0 Å². The summed E-state index contributed by atoms with van der Waals surface area (Å²) < 4.78 is 34.3. The van der Waals surface area contributed by atoms with Crippen LogP contribution in [-0.4, -0.2) is 31.3 Å². The summed E-state index contributed by atoms with van der Waals surface area (Å²) in [6, 6.07) is 9.59. The molecular formula is C19H21F2NO4. The number of ether oxygens (including phenoxy) is 2. The summed E-state index contributed by atoms with van der Waals surface area (Å²) in [6.07, 6.45) is 1.16. The van der Waals surface area contributed by atoms with Crippen LogP contribution in [0, 0.1) is 0 Å². The van der Waals surface area contributed by atoms with Crippen LogP contribution in [0.5, 0.6) is 17.2 Å². The van der Waals surface area contributed by atoms with Gasteiger partial charge >= 0.3 is 6.61 Å². The van der Waals surface area contributed by atoms with E-state index in [0.29, 0.717) is 12.0 Å². The molecule has 0 aromatic heterocycles. The molecule has 140 valence electrons. The van der Waals surface area contributed by atoms with E-state index in [0.717, 1.165) is 12.0 Å². The Bertz CT molecular complexity index is 765. The number of benzene rings is 2. The first-order valence-corrected chi connectivity index (χ1v) is 8.16. The zero-order valence-corrected chi connectivity index (χ0v) is 14.6. The summed E-state index contributed by atoms with van der Waals surface area (Å²) in [5, 5.41) is 12.5. The largest absolute Gasteiger partial charge is 0.507 e. The first-order valence-electron chi connectivity index (χ1n) is 8.16. The Hall–Kier alpha value is -2.83. The van der Waals surface area contributed by atoms with Crippen molar-refractivity contribution in [3.8, 4) is 17.2 Å². The van der Waals surface area contributed by atoms with Gasteiger partial charge in [-0.3, -0.25) is 4.79 Å². The maximum atomic E-state index is 12.5. The maximum Gasteiger partial charge on any atom is 0.387 e. The lowest BCUT2D eigenvalue weighted by atomic mass is 10.1. The summed E-state index contributed by atoms with van der Waals surface area (Å²) in [5.41, 5.74) is 1.85. The van der Waals surface area contributed by atoms with Crippen LogP contribution in [-0.2, 0) is 12.8 Å². The average molecular weight is 365 g/mol. The molecule has 2 aromatic carbocycles. The molecule has 0 saturated carbocycles. The molecule has 0 unspecified atom stereocenters. The Morgan fingerprint density at radius 2 is 1.88 bits per heavy atom. The zero-order valence-electron chi connectivity index (χ0n) is 14.6. The van der Waals surface area contributed by atoms with Crippen LogP contribution in [0.1, 0.15) is 28.4 Å². The van der Waals surface area contributed by atoms with Crippen molar-refractivity contribution < 1.29 is 28.2 Å². The predicted octanol–water partition coefficient (Wildman–Crippen LogP) is 3.54. The van der Waals surface area contributed by atoms with Crippen molar-refractivity contribution in [1.82, 2.24) is 5.32 Å². The molecule has 0 saturated heterocycles. The number of halogens is 2. The number of nitrogens with one attached hydrogen (secondary N) is 1. The Balaban J connectivity index is 2.00. The van der Waals surface area contributed by atoms with Crippen molar-refractivity contribution in [2.24, 2.45) is 0 Å². The van der Waals surface area contributed by atoms with E-state index in [9.17, 15) is 18.7 Å². The predicted molar refractivity (Wildman–Crippen MR) is 93.1 cm³/mol. The van der Waals surface area contributed by atoms with Crippen LogP contribution in [0.3, 0.4) is 0 Å². The van der Waals surface area contributed by atoms with Gasteiger partial charge < -0.3 is 19.9 Å². The second-order valence-corrected chi connectivity index (χ2v) is 5.57. The van der Waals surface area contributed by atoms with Gasteiger partial charge in [0.25, 0.3) is 5.91 Å². The number of carbonyl (C=O) groups excluding carboxylic acids is 1. The molecule has 1 amide bonds. The normalized spacial score (nSPS) is 10.7. The van der Waals surface area contributed by atoms with E-state index in [-0.39, 0.29) is 29.4 Å². The Morgan fingerprint density at radius 3 is 2.54 bits per heavy atom. The maximum absolute atomic E-state index is 12.5. The third-order valence-corrected chi connectivity index (χ3v) is 3.86. The van der Waals surface area contributed by atoms with E-state index >= 15 is 0 Å². The van der Waals surface area contributed by atoms with Gasteiger partial charge in [-0.1, -0.05) is 19.1 Å². The average Bonchev–Trinajstić information content (AvgIpc) is 2.61. The minimum Gasteiger partial charge on any atom is -0.507 e. The van der Waals surface area contributed by atoms with Gasteiger partial charge in [0.15, 0.2) is 11.5 Å². The molecule has 26 heavy (non-hydrogen) atoms. The summed E-state index contributed by atoms with van der Waals surface area (Å²) >= 11 is 0. The van der Waals surface area contributed by atoms with E-state index < -0.39 is 12.5 Å². The van der Waals surface area contributed by atoms with Crippen molar-refractivity contribution >= 4 is 5.91 Å². The van der Waals surface area contributed by atoms with E-state index in [1.807, 2.05) is 6.92 Å². The van der Waals surface area contributed by atoms with Crippen molar-refractivity contribution in [2.75, 3.05) is 13.7 Å². The SMILES string of the molecule is CCc1ccc(O)c(C(=O)NCCc2ccc(OC)c(OC(F)F)c2)c1. The number of aryl methyl sites for hydroxylation is 1. The second kappa shape index (κ2) is 9.03. The van der Waals surface area contributed by atoms with Crippen LogP contribution in [0.2, 0.25) is 0 Å². The molecular weight excluding hydrogens is 344 g/mol. The highest BCUT2D eigenvalue weighted by molar-refractivity contribution is 5.97. The molecule has 2 rings (SSSR count). The standard InChI is InChI=1S/C19H21F2NO4/c1-3-12-4-6-15(23)14(10-12)18(24)22-9-8-13-5-7-16(25-2)17(11-13)26-19(20)21/h4-7,10-11,19,23H,3,8-9H2,1-2H3,(H,22,24). The molecule has 0 fully saturated rings. The molecule has 0 heterocycles. The molecule has 0 aliphatic carbocycles. The van der Waals surface area contributed by atoms with Crippen LogP contribution >= 0.6 is 0 Å². The number of amides is 1. The van der Waals surface area contributed by atoms with Gasteiger partial charge in [-0.15, -0.1) is 0 Å². The summed E-state index contributed by atoms with van der Waals surface area (Å²) in [5.74, 6) is -0.328. The lowest BCUT2D eigenvalue weighted by molar-refractivity contribution is -0.0512. The first-order chi connectivity index (χ1) is 12.4. The van der Waals surface area contributed by atoms with E-state index in [1.54, 1.807) is 18.2 Å². The molecule has 7 heteroatoms. The number of hydrogen-bond donors (Lipinski definition) is 2. The highest BCUT2D eigenvalue weighted by atomic mass is 19.3. The fourth-order valence-electron chi connectivity index (χ4n) is 2.47. The fourth-order valence-corrected chi connectivity index (χ4v) is 2.47. The number of rotatable bonds is 8. The molecule has 2 N–H and O–H groups in total. The lowest BCUT2D eigenvalue weighted by Crippen LogP contribution is -2.25. The number of phenolic OH excluding ortho intramolecular Hbond substituents is 1. The zero-order chi connectivity index (χ0) is 19.1. The quantitative estimate of drug-likeness (QED) is 0.751. The number of hydrogen-bond acceptors (Lipinski definition) is 4. The van der Waals surface area contributed by atoms with Gasteiger partial charge in [0.05, 0.1) is 12.7 Å². The van der Waals surface area contributed by atoms with Gasteiger partial charge in [-0.2, -0.15) is 8.78 Å². The van der Waals surface area contributed by atoms with Crippen LogP contribution in [0.25, 0.3) is 0 Å². The number of aromatic hydroxyl groups is 1. The van der Waals surface area contributed by atoms with Gasteiger partial charge in [0.2, 0.25) is 0 Å². The highest BCUT2D eigenvalue weighted by Gasteiger charge is 2.13. The van der Waals surface area contributed by atoms with Gasteiger partial charge in [-0.05, 0) is 48.2 Å². The number of carbonyl (C=O) groups is 1. The van der Waals surface area contributed by atoms with Crippen molar-refractivity contribution in [1.29, 1.82) is 0 Å². The van der Waals surface area contributed by atoms with E-state index in [4.69, 9.17) is 4.74 Å². The van der Waals surface area contributed by atoms with Crippen LogP contribution < -0.4 is 14.8 Å². The van der Waals surface area contributed by atoms with E-state index in [1.165, 1.54) is 25.3 Å². The Labute approximate surface area is 150 Å².